The molecule has 2 N–H and O–H groups in total. The molecule has 0 heterocycles. The average molecular weight is 87.1 g/mol. The fourth-order valence-electron chi connectivity index (χ4n) is 0.0417. The minimum atomic E-state index is -0.838. The maximum atomic E-state index is 11.3. The molecule has 0 saturated heterocycles. The Bertz CT molecular complexity index is 83.3. The summed E-state index contributed by atoms with van der Waals surface area (Å²) in [5.41, 5.74) is 0. The molecule has 0 bridgehead atoms. The predicted octanol–water partition coefficient (Wildman–Crippen LogP) is -1.05. The molecule has 0 aliphatic rings. The molecule has 0 aromatic heterocycles. The first-order valence-corrected chi connectivity index (χ1v) is 1.31. The molecule has 0 aromatic carbocycles. The van der Waals surface area contributed by atoms with Crippen molar-refractivity contribution in [2.45, 2.75) is 0 Å². The van der Waals surface area contributed by atoms with Crippen molar-refractivity contribution in [3.05, 3.63) is 0 Å². The monoisotopic (exact) mass is 87.0 g/mol. The van der Waals surface area contributed by atoms with Gasteiger partial charge >= 0.3 is 0 Å². The maximum Gasteiger partial charge on any atom is 0.233 e. The summed E-state index contributed by atoms with van der Waals surface area (Å²) >= 11 is 0. The lowest BCUT2D eigenvalue weighted by Crippen LogP contribution is -2.98. The first kappa shape index (κ1) is 5.12. The zero-order valence-corrected chi connectivity index (χ0v) is 3.03. The number of nitrogens with one attached hydrogen (secondary N) is 2. The van der Waals surface area contributed by atoms with Gasteiger partial charge in [-0.05, 0) is 5.12 Å². The third-order valence-corrected chi connectivity index (χ3v) is 0.265. The summed E-state index contributed by atoms with van der Waals surface area (Å²) in [4.78, 5) is 0. The Morgan fingerprint density at radius 3 is 2.50 bits per heavy atom. The lowest BCUT2D eigenvalue weighted by molar-refractivity contribution is -0.888. The van der Waals surface area contributed by atoms with E-state index in [1.165, 1.54) is 0 Å². The minimum Gasteiger partial charge on any atom is -0.254 e. The van der Waals surface area contributed by atoms with E-state index in [1.807, 2.05) is 0 Å². The molecule has 0 aliphatic carbocycles. The normalized spacial score (nSPS) is 12.0. The second-order valence-corrected chi connectivity index (χ2v) is 0.637. The fourth-order valence-corrected chi connectivity index (χ4v) is 0.0417. The Labute approximate surface area is 35.0 Å². The van der Waals surface area contributed by atoms with Crippen LogP contribution in [0, 0.1) is 17.9 Å². The third-order valence-electron chi connectivity index (χ3n) is 0.265. The fraction of sp³-hybridized carbons (Fsp3) is 0. The largest absolute Gasteiger partial charge is 0.254 e. The zero-order chi connectivity index (χ0) is 4.99. The molecular formula is C3H4FN2+. The topological polar surface area (TPSA) is 28.3 Å². The van der Waals surface area contributed by atoms with Crippen molar-refractivity contribution in [2.24, 2.45) is 0 Å². The number of rotatable bonds is 1. The van der Waals surface area contributed by atoms with Crippen LogP contribution in [-0.2, 0) is 0 Å². The van der Waals surface area contributed by atoms with Gasteiger partial charge in [0.05, 0.1) is 0 Å². The molecule has 32 valence electrons. The molecule has 0 fully saturated rings. The molecule has 6 heavy (non-hydrogen) atoms. The smallest absolute Gasteiger partial charge is 0.233 e. The van der Waals surface area contributed by atoms with Crippen LogP contribution < -0.4 is 5.12 Å². The van der Waals surface area contributed by atoms with Crippen LogP contribution in [-0.4, -0.2) is 6.34 Å². The van der Waals surface area contributed by atoms with Crippen LogP contribution in [0.4, 0.5) is 4.48 Å². The van der Waals surface area contributed by atoms with Gasteiger partial charge in [0.25, 0.3) is 0 Å². The molecule has 0 aromatic rings. The summed E-state index contributed by atoms with van der Waals surface area (Å²) in [6.45, 7) is 0. The van der Waals surface area contributed by atoms with Crippen LogP contribution in [0.25, 0.3) is 0 Å². The average Bonchev–Trinajstić information content (AvgIpc) is 1.65. The Morgan fingerprint density at radius 2 is 2.50 bits per heavy atom. The summed E-state index contributed by atoms with van der Waals surface area (Å²) in [6.07, 6.45) is 4.96. The molecule has 0 radical (unpaired) electrons. The molecular weight excluding hydrogens is 83.0 g/mol. The van der Waals surface area contributed by atoms with E-state index >= 15 is 0 Å². The van der Waals surface area contributed by atoms with Gasteiger partial charge in [0.15, 0.2) is 6.04 Å². The standard InChI is InChI=1S/C3H3FN2/c1-2-6(4)3-5/h1,3,5H/p+1. The molecule has 0 saturated carbocycles. The van der Waals surface area contributed by atoms with Crippen LogP contribution in [0.5, 0.6) is 0 Å². The van der Waals surface area contributed by atoms with E-state index in [1.54, 1.807) is 6.04 Å². The summed E-state index contributed by atoms with van der Waals surface area (Å²) < 4.78 is 11.3. The molecule has 0 aliphatic heterocycles. The Hall–Kier alpha value is -0.880. The van der Waals surface area contributed by atoms with Crippen molar-refractivity contribution >= 4 is 6.34 Å². The second-order valence-electron chi connectivity index (χ2n) is 0.637. The van der Waals surface area contributed by atoms with Crippen molar-refractivity contribution in [3.8, 4) is 12.5 Å². The van der Waals surface area contributed by atoms with Gasteiger partial charge in [-0.25, -0.2) is 0 Å². The Kier molecular flexibility index (Phi) is 2.02. The SMILES string of the molecule is C#C[NH+](F)C=N. The lowest BCUT2D eigenvalue weighted by Gasteiger charge is -1.76. The van der Waals surface area contributed by atoms with Crippen LogP contribution in [0.2, 0.25) is 0 Å². The zero-order valence-electron chi connectivity index (χ0n) is 3.03. The molecule has 1 unspecified atom stereocenters. The van der Waals surface area contributed by atoms with Gasteiger partial charge in [0, 0.05) is 4.48 Å². The maximum absolute atomic E-state index is 11.3. The van der Waals surface area contributed by atoms with Gasteiger partial charge in [-0.2, -0.15) is 0 Å². The molecule has 0 rings (SSSR count). The highest BCUT2D eigenvalue weighted by Gasteiger charge is 1.88. The van der Waals surface area contributed by atoms with E-state index in [0.717, 1.165) is 0 Å². The van der Waals surface area contributed by atoms with E-state index in [0.29, 0.717) is 6.34 Å². The second kappa shape index (κ2) is 2.36. The van der Waals surface area contributed by atoms with E-state index in [4.69, 9.17) is 5.41 Å². The first-order chi connectivity index (χ1) is 2.81. The van der Waals surface area contributed by atoms with Crippen LogP contribution >= 0.6 is 0 Å². The summed E-state index contributed by atoms with van der Waals surface area (Å²) in [5, 5.41) is 5.29. The highest BCUT2D eigenvalue weighted by molar-refractivity contribution is 5.38. The number of hydrogen-bond donors (Lipinski definition) is 2. The highest BCUT2D eigenvalue weighted by atomic mass is 19.2. The van der Waals surface area contributed by atoms with Crippen molar-refractivity contribution in [1.29, 1.82) is 5.41 Å². The van der Waals surface area contributed by atoms with E-state index in [2.05, 4.69) is 6.42 Å². The predicted molar refractivity (Wildman–Crippen MR) is 19.7 cm³/mol. The van der Waals surface area contributed by atoms with Gasteiger partial charge in [0.2, 0.25) is 6.34 Å². The van der Waals surface area contributed by atoms with Gasteiger partial charge in [-0.1, -0.05) is 6.42 Å². The Balaban J connectivity index is 3.30. The van der Waals surface area contributed by atoms with Crippen LogP contribution in [0.1, 0.15) is 0 Å². The summed E-state index contributed by atoms with van der Waals surface area (Å²) in [6, 6.07) is 1.62. The first-order valence-electron chi connectivity index (χ1n) is 1.31. The van der Waals surface area contributed by atoms with Crippen molar-refractivity contribution in [3.63, 3.8) is 0 Å². The number of hydrogen-bond acceptors (Lipinski definition) is 1. The minimum absolute atomic E-state index is 0.486. The van der Waals surface area contributed by atoms with Crippen LogP contribution in [0.3, 0.4) is 0 Å². The summed E-state index contributed by atoms with van der Waals surface area (Å²) in [7, 11) is 0. The van der Waals surface area contributed by atoms with Gasteiger partial charge in [-0.3, -0.25) is 5.41 Å². The third kappa shape index (κ3) is 1.44. The number of terminal acetylenes is 1. The van der Waals surface area contributed by atoms with E-state index in [9.17, 15) is 4.48 Å². The van der Waals surface area contributed by atoms with Gasteiger partial charge < -0.3 is 0 Å². The number of quaternary nitrogens is 1. The van der Waals surface area contributed by atoms with Gasteiger partial charge in [-0.15, -0.1) is 0 Å². The molecule has 2 nitrogen and oxygen atoms in total. The Morgan fingerprint density at radius 1 is 2.00 bits per heavy atom. The van der Waals surface area contributed by atoms with Crippen molar-refractivity contribution in [2.75, 3.05) is 0 Å². The molecule has 0 amide bonds. The summed E-state index contributed by atoms with van der Waals surface area (Å²) in [5.74, 6) is 0. The molecule has 3 heteroatoms. The quantitative estimate of drug-likeness (QED) is 0.177. The van der Waals surface area contributed by atoms with Crippen LogP contribution in [0.15, 0.2) is 0 Å². The molecule has 0 spiro atoms. The lowest BCUT2D eigenvalue weighted by atomic mass is 11.0. The van der Waals surface area contributed by atoms with E-state index < -0.39 is 5.12 Å². The van der Waals surface area contributed by atoms with Crippen molar-refractivity contribution in [1.82, 2.24) is 0 Å². The van der Waals surface area contributed by atoms with Gasteiger partial charge in [0.1, 0.15) is 0 Å². The van der Waals surface area contributed by atoms with Crippen molar-refractivity contribution < 1.29 is 9.60 Å². The number of halogens is 1. The van der Waals surface area contributed by atoms with E-state index in [-0.39, 0.29) is 0 Å². The molecule has 1 atom stereocenters. The highest BCUT2D eigenvalue weighted by Crippen LogP contribution is 1.24.